The fourth-order valence-electron chi connectivity index (χ4n) is 1.31. The summed E-state index contributed by atoms with van der Waals surface area (Å²) in [7, 11) is 1.24. The van der Waals surface area contributed by atoms with Crippen molar-refractivity contribution in [1.29, 1.82) is 0 Å². The van der Waals surface area contributed by atoms with E-state index >= 15 is 0 Å². The van der Waals surface area contributed by atoms with Crippen LogP contribution in [0.5, 0.6) is 0 Å². The Morgan fingerprint density at radius 3 is 2.93 bits per heavy atom. The Hall–Kier alpha value is -0.690. The number of methoxy groups -OCH3 is 1. The topological polar surface area (TPSA) is 85.2 Å². The van der Waals surface area contributed by atoms with Gasteiger partial charge in [-0.05, 0) is 0 Å². The van der Waals surface area contributed by atoms with Crippen LogP contribution in [-0.2, 0) is 19.0 Å². The van der Waals surface area contributed by atoms with Crippen LogP contribution in [0.3, 0.4) is 0 Å². The first-order valence-electron chi connectivity index (χ1n) is 4.78. The predicted molar refractivity (Wildman–Crippen MR) is 49.0 cm³/mol. The maximum Gasteiger partial charge on any atom is 0.310 e. The lowest BCUT2D eigenvalue weighted by Gasteiger charge is -2.14. The Morgan fingerprint density at radius 2 is 2.40 bits per heavy atom. The average molecular weight is 220 g/mol. The highest BCUT2D eigenvalue weighted by Gasteiger charge is 2.24. The van der Waals surface area contributed by atoms with Crippen LogP contribution in [-0.4, -0.2) is 55.0 Å². The van der Waals surface area contributed by atoms with Gasteiger partial charge in [-0.15, -0.1) is 0 Å². The van der Waals surface area contributed by atoms with Gasteiger partial charge in [0, 0.05) is 6.42 Å². The molecule has 0 aliphatic carbocycles. The van der Waals surface area contributed by atoms with Crippen molar-refractivity contribution in [2.24, 2.45) is 0 Å². The fourth-order valence-corrected chi connectivity index (χ4v) is 1.31. The largest absolute Gasteiger partial charge is 0.469 e. The van der Waals surface area contributed by atoms with Crippen LogP contribution in [0.2, 0.25) is 0 Å². The summed E-state index contributed by atoms with van der Waals surface area (Å²) in [4.78, 5) is 10.7. The molecule has 1 aliphatic heterocycles. The van der Waals surface area contributed by atoms with Crippen LogP contribution in [0, 0.1) is 0 Å². The maximum atomic E-state index is 10.7. The lowest BCUT2D eigenvalue weighted by Crippen LogP contribution is -2.24. The second-order valence-corrected chi connectivity index (χ2v) is 3.41. The summed E-state index contributed by atoms with van der Waals surface area (Å²) in [5.74, 6) is -0.533. The molecule has 0 bridgehead atoms. The first-order valence-corrected chi connectivity index (χ1v) is 4.78. The Bertz CT molecular complexity index is 207. The number of hydrogen-bond donors (Lipinski definition) is 2. The average Bonchev–Trinajstić information content (AvgIpc) is 2.61. The fraction of sp³-hybridized carbons (Fsp3) is 0.889. The molecule has 0 amide bonds. The molecule has 6 nitrogen and oxygen atoms in total. The van der Waals surface area contributed by atoms with E-state index in [-0.39, 0.29) is 19.1 Å². The molecule has 1 heterocycles. The third-order valence-corrected chi connectivity index (χ3v) is 2.10. The van der Waals surface area contributed by atoms with E-state index in [1.54, 1.807) is 0 Å². The highest BCUT2D eigenvalue weighted by Crippen LogP contribution is 2.13. The van der Waals surface area contributed by atoms with Crippen molar-refractivity contribution in [3.63, 3.8) is 0 Å². The third-order valence-electron chi connectivity index (χ3n) is 2.10. The number of esters is 1. The zero-order chi connectivity index (χ0) is 11.3. The molecule has 1 aliphatic rings. The molecule has 0 aromatic heterocycles. The monoisotopic (exact) mass is 220 g/mol. The lowest BCUT2D eigenvalue weighted by atomic mass is 10.2. The minimum absolute atomic E-state index is 0.162. The molecule has 0 radical (unpaired) electrons. The van der Waals surface area contributed by atoms with Crippen molar-refractivity contribution in [1.82, 2.24) is 0 Å². The molecular formula is C9H16O6. The smallest absolute Gasteiger partial charge is 0.310 e. The van der Waals surface area contributed by atoms with Gasteiger partial charge in [0.25, 0.3) is 0 Å². The highest BCUT2D eigenvalue weighted by molar-refractivity contribution is 5.69. The van der Waals surface area contributed by atoms with E-state index in [1.165, 1.54) is 7.11 Å². The molecule has 15 heavy (non-hydrogen) atoms. The van der Waals surface area contributed by atoms with Crippen LogP contribution < -0.4 is 0 Å². The maximum absolute atomic E-state index is 10.7. The number of aliphatic hydroxyl groups excluding tert-OH is 2. The van der Waals surface area contributed by atoms with Crippen LogP contribution in [0.25, 0.3) is 0 Å². The Balaban J connectivity index is 2.11. The molecule has 0 unspecified atom stereocenters. The predicted octanol–water partition coefficient (Wildman–Crippen LogP) is -0.966. The van der Waals surface area contributed by atoms with Gasteiger partial charge in [-0.1, -0.05) is 0 Å². The van der Waals surface area contributed by atoms with E-state index in [2.05, 4.69) is 4.74 Å². The number of carbonyl (C=O) groups excluding carboxylic acids is 1. The minimum Gasteiger partial charge on any atom is -0.469 e. The normalized spacial score (nSPS) is 27.7. The second-order valence-electron chi connectivity index (χ2n) is 3.41. The summed E-state index contributed by atoms with van der Waals surface area (Å²) in [5.41, 5.74) is 0. The number of ether oxygens (including phenoxy) is 3. The van der Waals surface area contributed by atoms with Crippen molar-refractivity contribution in [3.8, 4) is 0 Å². The molecule has 2 N–H and O–H groups in total. The summed E-state index contributed by atoms with van der Waals surface area (Å²) < 4.78 is 14.5. The van der Waals surface area contributed by atoms with Crippen molar-refractivity contribution in [2.45, 2.75) is 31.3 Å². The van der Waals surface area contributed by atoms with Crippen molar-refractivity contribution < 1.29 is 29.2 Å². The molecule has 6 heteroatoms. The first-order chi connectivity index (χ1) is 7.11. The molecule has 3 atom stereocenters. The third kappa shape index (κ3) is 4.57. The quantitative estimate of drug-likeness (QED) is 0.458. The highest BCUT2D eigenvalue weighted by atomic mass is 16.6. The summed E-state index contributed by atoms with van der Waals surface area (Å²) in [6, 6.07) is 0. The second kappa shape index (κ2) is 6.02. The van der Waals surface area contributed by atoms with Crippen molar-refractivity contribution in [2.75, 3.05) is 20.3 Å². The molecule has 0 spiro atoms. The van der Waals surface area contributed by atoms with Gasteiger partial charge in [-0.25, -0.2) is 0 Å². The van der Waals surface area contributed by atoms with Crippen LogP contribution >= 0.6 is 0 Å². The van der Waals surface area contributed by atoms with Gasteiger partial charge in [0.15, 0.2) is 6.29 Å². The molecule has 0 aromatic rings. The van der Waals surface area contributed by atoms with Gasteiger partial charge in [-0.3, -0.25) is 4.79 Å². The minimum atomic E-state index is -1.18. The number of aliphatic hydroxyl groups is 2. The molecule has 88 valence electrons. The Kier molecular flexibility index (Phi) is 4.97. The first kappa shape index (κ1) is 12.4. The SMILES string of the molecule is COC(=O)C[C@H](O)OC[C@H]1C[C@H](O)CO1. The Labute approximate surface area is 87.7 Å². The van der Waals surface area contributed by atoms with Crippen LogP contribution in [0.4, 0.5) is 0 Å². The van der Waals surface area contributed by atoms with Gasteiger partial charge in [0.2, 0.25) is 0 Å². The van der Waals surface area contributed by atoms with Crippen LogP contribution in [0.1, 0.15) is 12.8 Å². The number of rotatable bonds is 5. The number of carbonyl (C=O) groups is 1. The molecule has 1 fully saturated rings. The van der Waals surface area contributed by atoms with Crippen molar-refractivity contribution in [3.05, 3.63) is 0 Å². The molecule has 1 saturated heterocycles. The van der Waals surface area contributed by atoms with Gasteiger partial charge < -0.3 is 24.4 Å². The van der Waals surface area contributed by atoms with E-state index in [4.69, 9.17) is 14.6 Å². The van der Waals surface area contributed by atoms with Gasteiger partial charge in [0.1, 0.15) is 0 Å². The zero-order valence-corrected chi connectivity index (χ0v) is 8.59. The van der Waals surface area contributed by atoms with E-state index < -0.39 is 18.4 Å². The van der Waals surface area contributed by atoms with E-state index in [1.807, 2.05) is 0 Å². The standard InChI is InChI=1S/C9H16O6/c1-13-8(11)3-9(12)15-5-7-2-6(10)4-14-7/h6-7,9-10,12H,2-5H2,1H3/t6-,7+,9+/m0/s1. The van der Waals surface area contributed by atoms with Gasteiger partial charge in [-0.2, -0.15) is 0 Å². The van der Waals surface area contributed by atoms with E-state index in [9.17, 15) is 9.90 Å². The van der Waals surface area contributed by atoms with Crippen molar-refractivity contribution >= 4 is 5.97 Å². The molecule has 1 rings (SSSR count). The summed E-state index contributed by atoms with van der Waals surface area (Å²) in [5, 5.41) is 18.4. The van der Waals surface area contributed by atoms with E-state index in [0.717, 1.165) is 0 Å². The van der Waals surface area contributed by atoms with Crippen LogP contribution in [0.15, 0.2) is 0 Å². The summed E-state index contributed by atoms with van der Waals surface area (Å²) >= 11 is 0. The van der Waals surface area contributed by atoms with E-state index in [0.29, 0.717) is 13.0 Å². The lowest BCUT2D eigenvalue weighted by molar-refractivity contribution is -0.160. The summed E-state index contributed by atoms with van der Waals surface area (Å²) in [6.45, 7) is 0.455. The molecular weight excluding hydrogens is 204 g/mol. The zero-order valence-electron chi connectivity index (χ0n) is 8.59. The molecule has 0 saturated carbocycles. The van der Waals surface area contributed by atoms with Gasteiger partial charge >= 0.3 is 5.97 Å². The Morgan fingerprint density at radius 1 is 1.67 bits per heavy atom. The number of hydrogen-bond acceptors (Lipinski definition) is 6. The van der Waals surface area contributed by atoms with Gasteiger partial charge in [0.05, 0.1) is 39.0 Å². The summed E-state index contributed by atoms with van der Waals surface area (Å²) in [6.07, 6.45) is -1.57. The molecule has 0 aromatic carbocycles.